The number of rotatable bonds is 1. The highest BCUT2D eigenvalue weighted by Gasteiger charge is 2.12. The van der Waals surface area contributed by atoms with Gasteiger partial charge in [-0.2, -0.15) is 0 Å². The van der Waals surface area contributed by atoms with Gasteiger partial charge in [-0.1, -0.05) is 6.07 Å². The largest absolute Gasteiger partial charge is 0.490 e. The molecule has 0 spiro atoms. The van der Waals surface area contributed by atoms with Crippen molar-refractivity contribution < 1.29 is 4.74 Å². The molecule has 0 aliphatic carbocycles. The average molecular weight is 267 g/mol. The predicted molar refractivity (Wildman–Crippen MR) is 76.8 cm³/mol. The zero-order valence-electron chi connectivity index (χ0n) is 10.7. The topological polar surface area (TPSA) is 77.5 Å². The summed E-state index contributed by atoms with van der Waals surface area (Å²) in [4.78, 5) is 8.58. The number of nitrogens with two attached hydrogens (primary N) is 1. The number of nitrogens with zero attached hydrogens (tertiary/aromatic N) is 3. The molecule has 4 rings (SSSR count). The van der Waals surface area contributed by atoms with Gasteiger partial charge < -0.3 is 20.2 Å². The summed E-state index contributed by atoms with van der Waals surface area (Å²) in [5.74, 6) is 1.27. The van der Waals surface area contributed by atoms with Crippen LogP contribution in [0.25, 0.3) is 16.9 Å². The standard InChI is InChI=1S/C14H13N5O/c15-13-14-17-3-5-19(14)8-11(18-13)9-1-2-10-12(7-9)20-6-4-16-10/h1-3,5,7-8,16H,4,6H2,(H2,15,18). The normalized spacial score (nSPS) is 13.6. The molecule has 100 valence electrons. The predicted octanol–water partition coefficient (Wildman–Crippen LogP) is 1.78. The quantitative estimate of drug-likeness (QED) is 0.702. The summed E-state index contributed by atoms with van der Waals surface area (Å²) in [7, 11) is 0. The molecule has 0 bridgehead atoms. The van der Waals surface area contributed by atoms with E-state index in [-0.39, 0.29) is 0 Å². The number of imidazole rings is 1. The van der Waals surface area contributed by atoms with Crippen molar-refractivity contribution in [3.8, 4) is 17.0 Å². The molecule has 0 fully saturated rings. The van der Waals surface area contributed by atoms with Gasteiger partial charge in [-0.3, -0.25) is 0 Å². The SMILES string of the molecule is Nc1nc(-c2ccc3c(c2)OCCN3)cn2ccnc12. The van der Waals surface area contributed by atoms with E-state index >= 15 is 0 Å². The van der Waals surface area contributed by atoms with Crippen molar-refractivity contribution >= 4 is 17.2 Å². The van der Waals surface area contributed by atoms with Crippen molar-refractivity contribution in [3.05, 3.63) is 36.8 Å². The summed E-state index contributed by atoms with van der Waals surface area (Å²) in [5.41, 5.74) is 9.38. The highest BCUT2D eigenvalue weighted by molar-refractivity contribution is 5.72. The van der Waals surface area contributed by atoms with Gasteiger partial charge >= 0.3 is 0 Å². The molecule has 3 heterocycles. The Kier molecular flexibility index (Phi) is 2.29. The maximum atomic E-state index is 5.94. The van der Waals surface area contributed by atoms with Crippen LogP contribution in [-0.2, 0) is 0 Å². The van der Waals surface area contributed by atoms with Crippen LogP contribution in [0.2, 0.25) is 0 Å². The molecule has 6 heteroatoms. The van der Waals surface area contributed by atoms with Crippen LogP contribution < -0.4 is 15.8 Å². The Hall–Kier alpha value is -2.76. The van der Waals surface area contributed by atoms with E-state index in [4.69, 9.17) is 10.5 Å². The summed E-state index contributed by atoms with van der Waals surface area (Å²) >= 11 is 0. The van der Waals surface area contributed by atoms with Crippen molar-refractivity contribution in [2.75, 3.05) is 24.2 Å². The van der Waals surface area contributed by atoms with Crippen molar-refractivity contribution in [2.45, 2.75) is 0 Å². The zero-order chi connectivity index (χ0) is 13.5. The second-order valence-electron chi connectivity index (χ2n) is 4.66. The Morgan fingerprint density at radius 3 is 3.25 bits per heavy atom. The summed E-state index contributed by atoms with van der Waals surface area (Å²) in [6.07, 6.45) is 5.47. The average Bonchev–Trinajstić information content (AvgIpc) is 2.96. The van der Waals surface area contributed by atoms with E-state index in [1.807, 2.05) is 35.0 Å². The Morgan fingerprint density at radius 2 is 2.30 bits per heavy atom. The van der Waals surface area contributed by atoms with Crippen LogP contribution in [0.1, 0.15) is 0 Å². The van der Waals surface area contributed by atoms with Gasteiger partial charge in [0.1, 0.15) is 12.4 Å². The third-order valence-corrected chi connectivity index (χ3v) is 3.35. The second kappa shape index (κ2) is 4.12. The Bertz CT molecular complexity index is 795. The van der Waals surface area contributed by atoms with E-state index in [0.29, 0.717) is 18.1 Å². The molecule has 1 aliphatic heterocycles. The van der Waals surface area contributed by atoms with Gasteiger partial charge in [0.2, 0.25) is 0 Å². The second-order valence-corrected chi connectivity index (χ2v) is 4.66. The van der Waals surface area contributed by atoms with Crippen LogP contribution in [-0.4, -0.2) is 27.5 Å². The van der Waals surface area contributed by atoms with Gasteiger partial charge in [0.15, 0.2) is 11.5 Å². The molecule has 1 aromatic carbocycles. The molecule has 2 aromatic heterocycles. The van der Waals surface area contributed by atoms with Crippen LogP contribution >= 0.6 is 0 Å². The van der Waals surface area contributed by atoms with Gasteiger partial charge in [-0.05, 0) is 12.1 Å². The van der Waals surface area contributed by atoms with E-state index in [0.717, 1.165) is 29.2 Å². The fraction of sp³-hybridized carbons (Fsp3) is 0.143. The first-order valence-corrected chi connectivity index (χ1v) is 6.41. The van der Waals surface area contributed by atoms with Crippen LogP contribution in [0, 0.1) is 0 Å². The highest BCUT2D eigenvalue weighted by atomic mass is 16.5. The smallest absolute Gasteiger partial charge is 0.179 e. The molecular formula is C14H13N5O. The fourth-order valence-corrected chi connectivity index (χ4v) is 2.39. The molecule has 0 saturated heterocycles. The van der Waals surface area contributed by atoms with Crippen LogP contribution in [0.4, 0.5) is 11.5 Å². The Balaban J connectivity index is 1.86. The third-order valence-electron chi connectivity index (χ3n) is 3.35. The zero-order valence-corrected chi connectivity index (χ0v) is 10.7. The first-order chi connectivity index (χ1) is 9.81. The molecule has 0 atom stereocenters. The van der Waals surface area contributed by atoms with E-state index < -0.39 is 0 Å². The monoisotopic (exact) mass is 267 g/mol. The molecule has 1 aliphatic rings. The third kappa shape index (κ3) is 1.65. The van der Waals surface area contributed by atoms with Crippen LogP contribution in [0.3, 0.4) is 0 Å². The molecule has 3 N–H and O–H groups in total. The van der Waals surface area contributed by atoms with Crippen LogP contribution in [0.15, 0.2) is 36.8 Å². The molecule has 0 amide bonds. The van der Waals surface area contributed by atoms with Gasteiger partial charge in [0.25, 0.3) is 0 Å². The molecule has 0 radical (unpaired) electrons. The number of nitrogen functional groups attached to an aromatic ring is 1. The molecule has 0 saturated carbocycles. The van der Waals surface area contributed by atoms with E-state index in [2.05, 4.69) is 15.3 Å². The Labute approximate surface area is 115 Å². The Morgan fingerprint density at radius 1 is 1.35 bits per heavy atom. The molecule has 3 aromatic rings. The number of anilines is 2. The lowest BCUT2D eigenvalue weighted by molar-refractivity contribution is 0.323. The van der Waals surface area contributed by atoms with E-state index in [1.165, 1.54) is 0 Å². The lowest BCUT2D eigenvalue weighted by atomic mass is 10.1. The number of benzene rings is 1. The number of fused-ring (bicyclic) bond motifs is 2. The van der Waals surface area contributed by atoms with E-state index in [9.17, 15) is 0 Å². The lowest BCUT2D eigenvalue weighted by Gasteiger charge is -2.19. The van der Waals surface area contributed by atoms with Gasteiger partial charge in [-0.15, -0.1) is 0 Å². The molecule has 6 nitrogen and oxygen atoms in total. The summed E-state index contributed by atoms with van der Waals surface area (Å²) < 4.78 is 7.52. The van der Waals surface area contributed by atoms with Gasteiger partial charge in [-0.25, -0.2) is 9.97 Å². The summed E-state index contributed by atoms with van der Waals surface area (Å²) in [6.45, 7) is 1.51. The molecule has 0 unspecified atom stereocenters. The number of nitrogens with one attached hydrogen (secondary N) is 1. The minimum absolute atomic E-state index is 0.421. The fourth-order valence-electron chi connectivity index (χ4n) is 2.39. The van der Waals surface area contributed by atoms with Gasteiger partial charge in [0.05, 0.1) is 11.4 Å². The molecule has 20 heavy (non-hydrogen) atoms. The minimum Gasteiger partial charge on any atom is -0.490 e. The molecular weight excluding hydrogens is 254 g/mol. The van der Waals surface area contributed by atoms with Crippen molar-refractivity contribution in [3.63, 3.8) is 0 Å². The van der Waals surface area contributed by atoms with Gasteiger partial charge in [0, 0.05) is 30.7 Å². The van der Waals surface area contributed by atoms with E-state index in [1.54, 1.807) is 6.20 Å². The van der Waals surface area contributed by atoms with Crippen LogP contribution in [0.5, 0.6) is 5.75 Å². The van der Waals surface area contributed by atoms with Crippen molar-refractivity contribution in [1.29, 1.82) is 0 Å². The first-order valence-electron chi connectivity index (χ1n) is 6.41. The summed E-state index contributed by atoms with van der Waals surface area (Å²) in [5, 5.41) is 3.29. The number of hydrogen-bond donors (Lipinski definition) is 2. The number of ether oxygens (including phenoxy) is 1. The summed E-state index contributed by atoms with van der Waals surface area (Å²) in [6, 6.07) is 5.98. The number of aromatic nitrogens is 3. The maximum Gasteiger partial charge on any atom is 0.179 e. The van der Waals surface area contributed by atoms with Crippen molar-refractivity contribution in [2.24, 2.45) is 0 Å². The highest BCUT2D eigenvalue weighted by Crippen LogP contribution is 2.32. The maximum absolute atomic E-state index is 5.94. The number of hydrogen-bond acceptors (Lipinski definition) is 5. The first kappa shape index (κ1) is 11.1. The lowest BCUT2D eigenvalue weighted by Crippen LogP contribution is -2.17. The van der Waals surface area contributed by atoms with Crippen molar-refractivity contribution in [1.82, 2.24) is 14.4 Å². The minimum atomic E-state index is 0.421.